The molecular formula is C10H12N6. The van der Waals surface area contributed by atoms with Gasteiger partial charge in [-0.2, -0.15) is 0 Å². The summed E-state index contributed by atoms with van der Waals surface area (Å²) in [4.78, 5) is 5.50. The van der Waals surface area contributed by atoms with E-state index in [-0.39, 0.29) is 0 Å². The maximum Gasteiger partial charge on any atom is 0.0681 e. The van der Waals surface area contributed by atoms with Crippen molar-refractivity contribution in [1.29, 1.82) is 0 Å². The molecule has 0 spiro atoms. The van der Waals surface area contributed by atoms with Crippen LogP contribution in [0.5, 0.6) is 0 Å². The first kappa shape index (κ1) is 11.9. The Morgan fingerprint density at radius 3 is 2.25 bits per heavy atom. The van der Waals surface area contributed by atoms with Crippen molar-refractivity contribution in [3.05, 3.63) is 56.3 Å². The molecule has 0 unspecified atom stereocenters. The third-order valence-electron chi connectivity index (χ3n) is 2.27. The summed E-state index contributed by atoms with van der Waals surface area (Å²) in [7, 11) is 0. The van der Waals surface area contributed by atoms with Crippen LogP contribution in [0.3, 0.4) is 0 Å². The highest BCUT2D eigenvalue weighted by Crippen LogP contribution is 2.25. The van der Waals surface area contributed by atoms with E-state index in [2.05, 4.69) is 20.1 Å². The van der Waals surface area contributed by atoms with Gasteiger partial charge in [0.1, 0.15) is 0 Å². The molecule has 1 aromatic rings. The molecule has 0 aliphatic carbocycles. The van der Waals surface area contributed by atoms with Gasteiger partial charge < -0.3 is 0 Å². The Hall–Kier alpha value is -2.16. The van der Waals surface area contributed by atoms with Crippen LogP contribution >= 0.6 is 0 Å². The zero-order valence-corrected chi connectivity index (χ0v) is 9.20. The second kappa shape index (κ2) is 5.07. The summed E-state index contributed by atoms with van der Waals surface area (Å²) in [5.41, 5.74) is 17.9. The topological polar surface area (TPSA) is 97.5 Å². The van der Waals surface area contributed by atoms with Crippen molar-refractivity contribution in [2.75, 3.05) is 0 Å². The van der Waals surface area contributed by atoms with Crippen molar-refractivity contribution in [3.63, 3.8) is 0 Å². The van der Waals surface area contributed by atoms with Crippen LogP contribution in [0.25, 0.3) is 20.9 Å². The highest BCUT2D eigenvalue weighted by molar-refractivity contribution is 5.27. The molecule has 0 amide bonds. The van der Waals surface area contributed by atoms with Crippen LogP contribution in [0.2, 0.25) is 0 Å². The molecule has 0 heterocycles. The van der Waals surface area contributed by atoms with Gasteiger partial charge in [-0.1, -0.05) is 48.3 Å². The third kappa shape index (κ3) is 2.92. The van der Waals surface area contributed by atoms with Gasteiger partial charge in [0, 0.05) is 9.82 Å². The maximum absolute atomic E-state index is 8.44. The van der Waals surface area contributed by atoms with Crippen LogP contribution < -0.4 is 0 Å². The lowest BCUT2D eigenvalue weighted by Gasteiger charge is -2.18. The summed E-state index contributed by atoms with van der Waals surface area (Å²) >= 11 is 0. The van der Waals surface area contributed by atoms with Gasteiger partial charge in [0.15, 0.2) is 0 Å². The number of benzene rings is 1. The number of hydrogen-bond donors (Lipinski definition) is 0. The summed E-state index contributed by atoms with van der Waals surface area (Å²) in [5, 5.41) is 7.19. The molecule has 82 valence electrons. The fourth-order valence-corrected chi connectivity index (χ4v) is 1.30. The van der Waals surface area contributed by atoms with E-state index >= 15 is 0 Å². The first-order valence-corrected chi connectivity index (χ1v) is 4.76. The minimum Gasteiger partial charge on any atom is -0.0893 e. The summed E-state index contributed by atoms with van der Waals surface area (Å²) in [5.74, 6) is 0. The number of rotatable bonds is 4. The van der Waals surface area contributed by atoms with Crippen molar-refractivity contribution < 1.29 is 0 Å². The van der Waals surface area contributed by atoms with Crippen molar-refractivity contribution in [2.45, 2.75) is 25.9 Å². The van der Waals surface area contributed by atoms with Gasteiger partial charge in [0.2, 0.25) is 0 Å². The molecule has 0 aliphatic heterocycles. The lowest BCUT2D eigenvalue weighted by atomic mass is 9.94. The quantitative estimate of drug-likeness (QED) is 0.412. The lowest BCUT2D eigenvalue weighted by Crippen LogP contribution is -2.12. The van der Waals surface area contributed by atoms with Crippen molar-refractivity contribution >= 4 is 0 Å². The molecule has 0 radical (unpaired) electrons. The monoisotopic (exact) mass is 216 g/mol. The minimum absolute atomic E-state index is 0.332. The predicted octanol–water partition coefficient (Wildman–Crippen LogP) is 4.04. The molecular weight excluding hydrogens is 204 g/mol. The van der Waals surface area contributed by atoms with Crippen LogP contribution in [-0.4, -0.2) is 0 Å². The van der Waals surface area contributed by atoms with Crippen molar-refractivity contribution in [3.8, 4) is 0 Å². The van der Waals surface area contributed by atoms with E-state index in [0.717, 1.165) is 11.1 Å². The Kier molecular flexibility index (Phi) is 3.78. The van der Waals surface area contributed by atoms with E-state index in [9.17, 15) is 0 Å². The Balaban J connectivity index is 2.94. The van der Waals surface area contributed by atoms with Gasteiger partial charge in [0.05, 0.1) is 12.1 Å². The van der Waals surface area contributed by atoms with E-state index in [4.69, 9.17) is 11.1 Å². The normalized spacial score (nSPS) is 10.1. The number of nitrogens with zero attached hydrogens (tertiary/aromatic N) is 6. The van der Waals surface area contributed by atoms with Crippen molar-refractivity contribution in [1.82, 2.24) is 0 Å². The fourth-order valence-electron chi connectivity index (χ4n) is 1.30. The van der Waals surface area contributed by atoms with Gasteiger partial charge in [-0.3, -0.25) is 0 Å². The molecule has 1 rings (SSSR count). The molecule has 0 aliphatic rings. The standard InChI is InChI=1S/C10H12N6/c1-10(2,14-16-12)9-5-3-8(4-6-9)7-13-15-11/h3-6H,7H2,1-2H3. The Bertz CT molecular complexity index is 449. The molecule has 0 aromatic heterocycles. The van der Waals surface area contributed by atoms with Crippen LogP contribution in [0.4, 0.5) is 0 Å². The van der Waals surface area contributed by atoms with Crippen molar-refractivity contribution in [2.24, 2.45) is 10.2 Å². The predicted molar refractivity (Wildman–Crippen MR) is 61.5 cm³/mol. The molecule has 0 N–H and O–H groups in total. The first-order valence-electron chi connectivity index (χ1n) is 4.76. The van der Waals surface area contributed by atoms with E-state index < -0.39 is 5.54 Å². The van der Waals surface area contributed by atoms with Crippen LogP contribution in [-0.2, 0) is 12.1 Å². The first-order chi connectivity index (χ1) is 7.60. The second-order valence-electron chi connectivity index (χ2n) is 3.83. The highest BCUT2D eigenvalue weighted by atomic mass is 15.2. The van der Waals surface area contributed by atoms with Gasteiger partial charge in [0.25, 0.3) is 0 Å². The molecule has 0 saturated heterocycles. The van der Waals surface area contributed by atoms with Gasteiger partial charge in [-0.25, -0.2) is 0 Å². The molecule has 0 fully saturated rings. The zero-order chi connectivity index (χ0) is 12.0. The Morgan fingerprint density at radius 1 is 1.12 bits per heavy atom. The van der Waals surface area contributed by atoms with Gasteiger partial charge in [-0.05, 0) is 22.2 Å². The molecule has 0 atom stereocenters. The summed E-state index contributed by atoms with van der Waals surface area (Å²) in [6.45, 7) is 4.02. The zero-order valence-electron chi connectivity index (χ0n) is 9.20. The van der Waals surface area contributed by atoms with E-state index in [1.165, 1.54) is 0 Å². The molecule has 16 heavy (non-hydrogen) atoms. The molecule has 0 bridgehead atoms. The van der Waals surface area contributed by atoms with Gasteiger partial charge >= 0.3 is 0 Å². The van der Waals surface area contributed by atoms with E-state index in [1.807, 2.05) is 38.1 Å². The molecule has 6 nitrogen and oxygen atoms in total. The molecule has 6 heteroatoms. The van der Waals surface area contributed by atoms with Crippen LogP contribution in [0.15, 0.2) is 34.5 Å². The van der Waals surface area contributed by atoms with Crippen LogP contribution in [0.1, 0.15) is 25.0 Å². The number of hydrogen-bond acceptors (Lipinski definition) is 2. The van der Waals surface area contributed by atoms with Crippen LogP contribution in [0, 0.1) is 0 Å². The average molecular weight is 216 g/mol. The summed E-state index contributed by atoms with van der Waals surface area (Å²) in [6.07, 6.45) is 0. The van der Waals surface area contributed by atoms with E-state index in [1.54, 1.807) is 0 Å². The number of azide groups is 2. The van der Waals surface area contributed by atoms with Gasteiger partial charge in [-0.15, -0.1) is 0 Å². The van der Waals surface area contributed by atoms with E-state index in [0.29, 0.717) is 6.54 Å². The highest BCUT2D eigenvalue weighted by Gasteiger charge is 2.17. The Labute approximate surface area is 93.2 Å². The fraction of sp³-hybridized carbons (Fsp3) is 0.400. The SMILES string of the molecule is CC(C)(N=[N+]=[N-])c1ccc(CN=[N+]=[N-])cc1. The third-order valence-corrected chi connectivity index (χ3v) is 2.27. The Morgan fingerprint density at radius 2 is 1.75 bits per heavy atom. The summed E-state index contributed by atoms with van der Waals surface area (Å²) in [6, 6.07) is 7.46. The second-order valence-corrected chi connectivity index (χ2v) is 3.83. The minimum atomic E-state index is -0.564. The lowest BCUT2D eigenvalue weighted by molar-refractivity contribution is 0.550. The summed E-state index contributed by atoms with van der Waals surface area (Å²) < 4.78 is 0. The smallest absolute Gasteiger partial charge is 0.0681 e. The molecule has 1 aromatic carbocycles. The average Bonchev–Trinajstić information content (AvgIpc) is 2.27. The largest absolute Gasteiger partial charge is 0.0893 e. The maximum atomic E-state index is 8.44. The molecule has 0 saturated carbocycles.